The number of fused-ring (bicyclic) bond motifs is 2. The van der Waals surface area contributed by atoms with Gasteiger partial charge in [-0.3, -0.25) is 9.78 Å². The van der Waals surface area contributed by atoms with Crippen molar-refractivity contribution in [2.45, 2.75) is 19.3 Å². The Kier molecular flexibility index (Phi) is 4.17. The van der Waals surface area contributed by atoms with Crippen LogP contribution in [0.1, 0.15) is 24.8 Å². The molecule has 0 radical (unpaired) electrons. The number of aromatic nitrogens is 2. The molecule has 4 heteroatoms. The molecule has 0 saturated heterocycles. The summed E-state index contributed by atoms with van der Waals surface area (Å²) in [4.78, 5) is 17.5. The van der Waals surface area contributed by atoms with E-state index < -0.39 is 0 Å². The average molecular weight is 343 g/mol. The Balaban J connectivity index is 1.71. The lowest BCUT2D eigenvalue weighted by Gasteiger charge is -2.15. The van der Waals surface area contributed by atoms with E-state index in [2.05, 4.69) is 33.2 Å². The van der Waals surface area contributed by atoms with Crippen molar-refractivity contribution in [2.24, 2.45) is 7.05 Å². The monoisotopic (exact) mass is 343 g/mol. The summed E-state index contributed by atoms with van der Waals surface area (Å²) in [6, 6.07) is 18.0. The Morgan fingerprint density at radius 1 is 1.12 bits per heavy atom. The van der Waals surface area contributed by atoms with Gasteiger partial charge in [0.15, 0.2) is 0 Å². The molecular weight excluding hydrogens is 322 g/mol. The number of amides is 1. The maximum atomic E-state index is 13.1. The molecule has 1 N–H and O–H groups in total. The van der Waals surface area contributed by atoms with Crippen molar-refractivity contribution in [3.8, 4) is 0 Å². The molecule has 130 valence electrons. The molecule has 1 atom stereocenters. The topological polar surface area (TPSA) is 46.9 Å². The van der Waals surface area contributed by atoms with Crippen LogP contribution in [0.4, 0.5) is 5.69 Å². The van der Waals surface area contributed by atoms with Crippen LogP contribution in [0.25, 0.3) is 21.8 Å². The average Bonchev–Trinajstić information content (AvgIpc) is 3.00. The van der Waals surface area contributed by atoms with E-state index in [0.29, 0.717) is 0 Å². The van der Waals surface area contributed by atoms with Gasteiger partial charge in [-0.05, 0) is 30.2 Å². The maximum absolute atomic E-state index is 13.1. The number of pyridine rings is 1. The van der Waals surface area contributed by atoms with E-state index in [-0.39, 0.29) is 11.8 Å². The zero-order valence-corrected chi connectivity index (χ0v) is 14.9. The zero-order chi connectivity index (χ0) is 18.1. The van der Waals surface area contributed by atoms with E-state index in [1.165, 1.54) is 0 Å². The lowest BCUT2D eigenvalue weighted by molar-refractivity contribution is -0.117. The number of rotatable bonds is 4. The molecule has 2 heterocycles. The number of hydrogen-bond acceptors (Lipinski definition) is 2. The van der Waals surface area contributed by atoms with Crippen LogP contribution < -0.4 is 5.32 Å². The van der Waals surface area contributed by atoms with Crippen LogP contribution >= 0.6 is 0 Å². The second-order valence-corrected chi connectivity index (χ2v) is 6.54. The van der Waals surface area contributed by atoms with Gasteiger partial charge >= 0.3 is 0 Å². The fourth-order valence-corrected chi connectivity index (χ4v) is 3.62. The second-order valence-electron chi connectivity index (χ2n) is 6.54. The van der Waals surface area contributed by atoms with Crippen LogP contribution in [0.15, 0.2) is 67.0 Å². The van der Waals surface area contributed by atoms with Gasteiger partial charge in [-0.15, -0.1) is 0 Å². The highest BCUT2D eigenvalue weighted by Crippen LogP contribution is 2.31. The van der Waals surface area contributed by atoms with E-state index in [0.717, 1.165) is 39.5 Å². The van der Waals surface area contributed by atoms with E-state index in [1.54, 1.807) is 6.20 Å². The van der Waals surface area contributed by atoms with Crippen molar-refractivity contribution in [1.29, 1.82) is 0 Å². The van der Waals surface area contributed by atoms with Gasteiger partial charge in [0, 0.05) is 35.7 Å². The second kappa shape index (κ2) is 6.64. The summed E-state index contributed by atoms with van der Waals surface area (Å²) in [5.41, 5.74) is 3.78. The Morgan fingerprint density at radius 3 is 2.77 bits per heavy atom. The molecule has 4 aromatic rings. The summed E-state index contributed by atoms with van der Waals surface area (Å²) in [7, 11) is 2.02. The van der Waals surface area contributed by atoms with Crippen LogP contribution in [-0.2, 0) is 11.8 Å². The first-order chi connectivity index (χ1) is 12.7. The molecule has 0 bridgehead atoms. The molecular formula is C22H21N3O. The van der Waals surface area contributed by atoms with Crippen LogP contribution in [0.5, 0.6) is 0 Å². The molecule has 2 aromatic heterocycles. The molecule has 4 rings (SSSR count). The van der Waals surface area contributed by atoms with Crippen LogP contribution in [0, 0.1) is 0 Å². The first kappa shape index (κ1) is 16.3. The van der Waals surface area contributed by atoms with Gasteiger partial charge in [-0.2, -0.15) is 0 Å². The summed E-state index contributed by atoms with van der Waals surface area (Å²) in [5.74, 6) is -0.206. The fraction of sp³-hybridized carbons (Fsp3) is 0.182. The predicted octanol–water partition coefficient (Wildman–Crippen LogP) is 4.86. The third kappa shape index (κ3) is 2.73. The minimum absolute atomic E-state index is 0.00186. The number of nitrogens with zero attached hydrogens (tertiary/aromatic N) is 2. The number of aryl methyl sites for hydroxylation is 1. The summed E-state index contributed by atoms with van der Waals surface area (Å²) in [5, 5.41) is 5.25. The van der Waals surface area contributed by atoms with Gasteiger partial charge < -0.3 is 9.88 Å². The number of para-hydroxylation sites is 2. The first-order valence-corrected chi connectivity index (χ1v) is 8.87. The number of benzene rings is 2. The number of carbonyl (C=O) groups is 1. The molecule has 0 aliphatic carbocycles. The molecule has 0 saturated carbocycles. The molecule has 0 spiro atoms. The quantitative estimate of drug-likeness (QED) is 0.575. The largest absolute Gasteiger partial charge is 0.350 e. The third-order valence-electron chi connectivity index (χ3n) is 4.92. The van der Waals surface area contributed by atoms with E-state index in [1.807, 2.05) is 56.4 Å². The molecule has 4 nitrogen and oxygen atoms in total. The molecule has 1 amide bonds. The van der Waals surface area contributed by atoms with Crippen molar-refractivity contribution >= 4 is 33.4 Å². The predicted molar refractivity (Wildman–Crippen MR) is 106 cm³/mol. The Hall–Kier alpha value is -3.14. The van der Waals surface area contributed by atoms with Crippen LogP contribution in [0.2, 0.25) is 0 Å². The van der Waals surface area contributed by atoms with E-state index >= 15 is 0 Å². The minimum atomic E-state index is -0.208. The Bertz CT molecular complexity index is 1090. The van der Waals surface area contributed by atoms with Gasteiger partial charge in [-0.1, -0.05) is 43.3 Å². The zero-order valence-electron chi connectivity index (χ0n) is 14.9. The Morgan fingerprint density at radius 2 is 1.92 bits per heavy atom. The number of nitrogens with one attached hydrogen (secondary N) is 1. The molecule has 26 heavy (non-hydrogen) atoms. The van der Waals surface area contributed by atoms with Gasteiger partial charge in [0.1, 0.15) is 0 Å². The summed E-state index contributed by atoms with van der Waals surface area (Å²) < 4.78 is 2.08. The van der Waals surface area contributed by atoms with E-state index in [9.17, 15) is 4.79 Å². The molecule has 0 fully saturated rings. The standard InChI is InChI=1S/C22H21N3O/c1-3-16(18-14-25(2)20-12-5-4-10-17(18)20)22(26)24-19-11-6-8-15-9-7-13-23-21(15)19/h4-14,16H,3H2,1-2H3,(H,24,26). The van der Waals surface area contributed by atoms with Gasteiger partial charge in [0.25, 0.3) is 0 Å². The maximum Gasteiger partial charge on any atom is 0.232 e. The molecule has 1 unspecified atom stereocenters. The fourth-order valence-electron chi connectivity index (χ4n) is 3.62. The Labute approximate surface area is 152 Å². The van der Waals surface area contributed by atoms with Gasteiger partial charge in [-0.25, -0.2) is 0 Å². The number of carbonyl (C=O) groups excluding carboxylic acids is 1. The molecule has 2 aromatic carbocycles. The molecule has 0 aliphatic rings. The highest BCUT2D eigenvalue weighted by Gasteiger charge is 2.23. The van der Waals surface area contributed by atoms with Gasteiger partial charge in [0.2, 0.25) is 5.91 Å². The van der Waals surface area contributed by atoms with Crippen molar-refractivity contribution < 1.29 is 4.79 Å². The van der Waals surface area contributed by atoms with Crippen LogP contribution in [-0.4, -0.2) is 15.5 Å². The first-order valence-electron chi connectivity index (χ1n) is 8.87. The normalized spacial score (nSPS) is 12.4. The SMILES string of the molecule is CCC(C(=O)Nc1cccc2cccnc12)c1cn(C)c2ccccc12. The van der Waals surface area contributed by atoms with Crippen molar-refractivity contribution in [3.05, 3.63) is 72.6 Å². The summed E-state index contributed by atoms with van der Waals surface area (Å²) in [6.07, 6.45) is 4.55. The summed E-state index contributed by atoms with van der Waals surface area (Å²) in [6.45, 7) is 2.05. The number of hydrogen-bond donors (Lipinski definition) is 1. The molecule has 0 aliphatic heterocycles. The minimum Gasteiger partial charge on any atom is -0.350 e. The highest BCUT2D eigenvalue weighted by molar-refractivity contribution is 6.04. The lowest BCUT2D eigenvalue weighted by Crippen LogP contribution is -2.20. The smallest absolute Gasteiger partial charge is 0.232 e. The van der Waals surface area contributed by atoms with Crippen molar-refractivity contribution in [3.63, 3.8) is 0 Å². The number of anilines is 1. The van der Waals surface area contributed by atoms with Crippen molar-refractivity contribution in [1.82, 2.24) is 9.55 Å². The third-order valence-corrected chi connectivity index (χ3v) is 4.92. The van der Waals surface area contributed by atoms with Crippen LogP contribution in [0.3, 0.4) is 0 Å². The van der Waals surface area contributed by atoms with Crippen molar-refractivity contribution in [2.75, 3.05) is 5.32 Å². The summed E-state index contributed by atoms with van der Waals surface area (Å²) >= 11 is 0. The van der Waals surface area contributed by atoms with E-state index in [4.69, 9.17) is 0 Å². The highest BCUT2D eigenvalue weighted by atomic mass is 16.1. The lowest BCUT2D eigenvalue weighted by atomic mass is 9.95. The van der Waals surface area contributed by atoms with Gasteiger partial charge in [0.05, 0.1) is 17.1 Å².